The number of nitrogens with zero attached hydrogens (tertiary/aromatic N) is 4. The summed E-state index contributed by atoms with van der Waals surface area (Å²) in [5, 5.41) is 0. The summed E-state index contributed by atoms with van der Waals surface area (Å²) in [6.07, 6.45) is 3.88. The highest BCUT2D eigenvalue weighted by molar-refractivity contribution is 5.95. The van der Waals surface area contributed by atoms with Crippen LogP contribution in [0, 0.1) is 12.8 Å². The van der Waals surface area contributed by atoms with Gasteiger partial charge in [0, 0.05) is 57.3 Å². The number of hydrogen-bond acceptors (Lipinski definition) is 5. The number of benzene rings is 1. The Morgan fingerprint density at radius 1 is 0.868 bits per heavy atom. The molecule has 38 heavy (non-hydrogen) atoms. The molecule has 2 aliphatic heterocycles. The van der Waals surface area contributed by atoms with Crippen molar-refractivity contribution in [2.75, 3.05) is 45.9 Å². The van der Waals surface area contributed by atoms with E-state index in [1.807, 2.05) is 28.9 Å². The van der Waals surface area contributed by atoms with Crippen LogP contribution in [-0.2, 0) is 22.4 Å². The molecule has 0 atom stereocenters. The van der Waals surface area contributed by atoms with E-state index in [4.69, 9.17) is 9.72 Å². The highest BCUT2D eigenvalue weighted by atomic mass is 16.6. The molecule has 1 aromatic heterocycles. The molecule has 0 radical (unpaired) electrons. The fourth-order valence-electron chi connectivity index (χ4n) is 6.12. The lowest BCUT2D eigenvalue weighted by Gasteiger charge is -2.35. The molecule has 3 aliphatic rings. The molecular weight excluding hydrogens is 480 g/mol. The van der Waals surface area contributed by atoms with E-state index in [9.17, 15) is 14.4 Å². The molecule has 0 N–H and O–H groups in total. The summed E-state index contributed by atoms with van der Waals surface area (Å²) < 4.78 is 5.10. The second-order valence-electron chi connectivity index (χ2n) is 10.8. The number of piperidine rings is 1. The Morgan fingerprint density at radius 2 is 1.50 bits per heavy atom. The van der Waals surface area contributed by atoms with Gasteiger partial charge in [-0.3, -0.25) is 14.6 Å². The normalized spacial score (nSPS) is 18.4. The number of carbonyl (C=O) groups is 3. The van der Waals surface area contributed by atoms with Crippen molar-refractivity contribution in [1.29, 1.82) is 0 Å². The maximum atomic E-state index is 13.5. The number of ether oxygens (including phenoxy) is 1. The summed E-state index contributed by atoms with van der Waals surface area (Å²) in [5.41, 5.74) is 5.15. The number of pyridine rings is 1. The molecule has 1 aliphatic carbocycles. The third-order valence-corrected chi connectivity index (χ3v) is 8.22. The highest BCUT2D eigenvalue weighted by Gasteiger charge is 2.32. The first-order valence-electron chi connectivity index (χ1n) is 14.0. The maximum Gasteiger partial charge on any atom is 0.409 e. The van der Waals surface area contributed by atoms with Crippen LogP contribution >= 0.6 is 0 Å². The van der Waals surface area contributed by atoms with Crippen molar-refractivity contribution < 1.29 is 19.1 Å². The average molecular weight is 519 g/mol. The highest BCUT2D eigenvalue weighted by Crippen LogP contribution is 2.33. The van der Waals surface area contributed by atoms with E-state index >= 15 is 0 Å². The molecule has 8 heteroatoms. The largest absolute Gasteiger partial charge is 0.450 e. The Labute approximate surface area is 225 Å². The SMILES string of the molecule is CCOC(=O)N1CCN(C(=O)c2ccc(C)nc2C2CCN(C(=O)CC3Cc4ccccc4C3)CC2)CC1. The lowest BCUT2D eigenvalue weighted by atomic mass is 9.89. The maximum absolute atomic E-state index is 13.5. The van der Waals surface area contributed by atoms with Gasteiger partial charge in [0.15, 0.2) is 0 Å². The Bertz CT molecular complexity index is 1160. The van der Waals surface area contributed by atoms with Crippen molar-refractivity contribution >= 4 is 17.9 Å². The van der Waals surface area contributed by atoms with Crippen LogP contribution in [0.2, 0.25) is 0 Å². The van der Waals surface area contributed by atoms with Crippen LogP contribution in [0.3, 0.4) is 0 Å². The van der Waals surface area contributed by atoms with Gasteiger partial charge < -0.3 is 19.4 Å². The van der Waals surface area contributed by atoms with E-state index in [1.165, 1.54) is 11.1 Å². The number of amides is 3. The molecular formula is C30H38N4O4. The Balaban J connectivity index is 1.18. The second kappa shape index (κ2) is 11.5. The smallest absolute Gasteiger partial charge is 0.409 e. The number of fused-ring (bicyclic) bond motifs is 1. The zero-order chi connectivity index (χ0) is 26.6. The van der Waals surface area contributed by atoms with E-state index in [2.05, 4.69) is 24.3 Å². The lowest BCUT2D eigenvalue weighted by molar-refractivity contribution is -0.133. The number of hydrogen-bond donors (Lipinski definition) is 0. The number of aryl methyl sites for hydroxylation is 1. The van der Waals surface area contributed by atoms with Gasteiger partial charge in [0.25, 0.3) is 5.91 Å². The fourth-order valence-corrected chi connectivity index (χ4v) is 6.12. The summed E-state index contributed by atoms with van der Waals surface area (Å²) in [6.45, 7) is 7.36. The fraction of sp³-hybridized carbons (Fsp3) is 0.533. The van der Waals surface area contributed by atoms with Crippen LogP contribution in [0.25, 0.3) is 0 Å². The van der Waals surface area contributed by atoms with Crippen LogP contribution in [0.1, 0.15) is 65.0 Å². The number of likely N-dealkylation sites (tertiary alicyclic amines) is 1. The van der Waals surface area contributed by atoms with Crippen LogP contribution in [0.5, 0.6) is 0 Å². The molecule has 0 bridgehead atoms. The van der Waals surface area contributed by atoms with Crippen LogP contribution in [0.15, 0.2) is 36.4 Å². The van der Waals surface area contributed by atoms with Crippen LogP contribution < -0.4 is 0 Å². The van der Waals surface area contributed by atoms with Crippen molar-refractivity contribution in [3.8, 4) is 0 Å². The van der Waals surface area contributed by atoms with Crippen molar-refractivity contribution in [2.45, 2.75) is 51.9 Å². The first-order valence-corrected chi connectivity index (χ1v) is 14.0. The molecule has 2 saturated heterocycles. The zero-order valence-electron chi connectivity index (χ0n) is 22.5. The molecule has 1 aromatic carbocycles. The summed E-state index contributed by atoms with van der Waals surface area (Å²) in [4.78, 5) is 48.9. The van der Waals surface area contributed by atoms with Gasteiger partial charge in [-0.1, -0.05) is 24.3 Å². The van der Waals surface area contributed by atoms with Crippen LogP contribution in [0.4, 0.5) is 4.79 Å². The van der Waals surface area contributed by atoms with Crippen LogP contribution in [-0.4, -0.2) is 83.5 Å². The van der Waals surface area contributed by atoms with Gasteiger partial charge in [-0.25, -0.2) is 4.79 Å². The first-order chi connectivity index (χ1) is 18.4. The van der Waals surface area contributed by atoms with Gasteiger partial charge in [0.05, 0.1) is 17.9 Å². The van der Waals surface area contributed by atoms with E-state index in [0.717, 1.165) is 37.1 Å². The third-order valence-electron chi connectivity index (χ3n) is 8.22. The standard InChI is InChI=1S/C30H38N4O4/c1-3-38-30(37)34-16-14-33(15-17-34)29(36)26-9-8-21(2)31-28(26)23-10-12-32(13-11-23)27(35)20-22-18-24-6-4-5-7-25(24)19-22/h4-9,22-23H,3,10-20H2,1-2H3. The molecule has 3 heterocycles. The minimum Gasteiger partial charge on any atom is -0.450 e. The van der Waals surface area contributed by atoms with E-state index in [1.54, 1.807) is 11.8 Å². The van der Waals surface area contributed by atoms with E-state index in [0.29, 0.717) is 63.8 Å². The average Bonchev–Trinajstić information content (AvgIpc) is 3.35. The monoisotopic (exact) mass is 518 g/mol. The van der Waals surface area contributed by atoms with Gasteiger partial charge in [-0.05, 0) is 68.7 Å². The first kappa shape index (κ1) is 26.2. The summed E-state index contributed by atoms with van der Waals surface area (Å²) in [6, 6.07) is 12.3. The van der Waals surface area contributed by atoms with Crippen molar-refractivity contribution in [2.24, 2.45) is 5.92 Å². The number of piperazine rings is 1. The minimum atomic E-state index is -0.323. The predicted octanol–water partition coefficient (Wildman–Crippen LogP) is 3.82. The predicted molar refractivity (Wildman–Crippen MR) is 144 cm³/mol. The summed E-state index contributed by atoms with van der Waals surface area (Å²) in [5.74, 6) is 0.753. The number of carbonyl (C=O) groups excluding carboxylic acids is 3. The molecule has 0 unspecified atom stereocenters. The Hall–Kier alpha value is -3.42. The lowest BCUT2D eigenvalue weighted by Crippen LogP contribution is -2.51. The molecule has 2 aromatic rings. The molecule has 0 spiro atoms. The third kappa shape index (κ3) is 5.69. The quantitative estimate of drug-likeness (QED) is 0.601. The molecule has 5 rings (SSSR count). The molecule has 8 nitrogen and oxygen atoms in total. The van der Waals surface area contributed by atoms with E-state index in [-0.39, 0.29) is 23.8 Å². The molecule has 2 fully saturated rings. The van der Waals surface area contributed by atoms with Gasteiger partial charge in [-0.15, -0.1) is 0 Å². The van der Waals surface area contributed by atoms with Crippen molar-refractivity contribution in [3.63, 3.8) is 0 Å². The van der Waals surface area contributed by atoms with Gasteiger partial charge >= 0.3 is 6.09 Å². The summed E-state index contributed by atoms with van der Waals surface area (Å²) in [7, 11) is 0. The molecule has 3 amide bonds. The Morgan fingerprint density at radius 3 is 2.13 bits per heavy atom. The second-order valence-corrected chi connectivity index (χ2v) is 10.8. The van der Waals surface area contributed by atoms with Crippen molar-refractivity contribution in [3.05, 3.63) is 64.5 Å². The zero-order valence-corrected chi connectivity index (χ0v) is 22.5. The number of aromatic nitrogens is 1. The number of rotatable bonds is 5. The van der Waals surface area contributed by atoms with Gasteiger partial charge in [0.2, 0.25) is 5.91 Å². The topological polar surface area (TPSA) is 83.1 Å². The van der Waals surface area contributed by atoms with Gasteiger partial charge in [-0.2, -0.15) is 0 Å². The van der Waals surface area contributed by atoms with E-state index < -0.39 is 0 Å². The van der Waals surface area contributed by atoms with Gasteiger partial charge in [0.1, 0.15) is 0 Å². The molecule has 0 saturated carbocycles. The molecule has 202 valence electrons. The van der Waals surface area contributed by atoms with Crippen molar-refractivity contribution in [1.82, 2.24) is 19.7 Å². The Kier molecular flexibility index (Phi) is 7.95. The minimum absolute atomic E-state index is 0.0321. The summed E-state index contributed by atoms with van der Waals surface area (Å²) >= 11 is 0.